The van der Waals surface area contributed by atoms with Crippen LogP contribution in [0.5, 0.6) is 0 Å². The minimum atomic E-state index is 0.442. The molecule has 0 unspecified atom stereocenters. The molecule has 2 N–H and O–H groups in total. The molecule has 0 amide bonds. The van der Waals surface area contributed by atoms with E-state index in [0.717, 1.165) is 31.7 Å². The monoisotopic (exact) mass is 260 g/mol. The van der Waals surface area contributed by atoms with Crippen molar-refractivity contribution in [2.24, 2.45) is 5.73 Å². The fourth-order valence-electron chi connectivity index (χ4n) is 1.80. The summed E-state index contributed by atoms with van der Waals surface area (Å²) in [7, 11) is 2.11. The Balaban J connectivity index is 1.71. The van der Waals surface area contributed by atoms with E-state index in [-0.39, 0.29) is 0 Å². The highest BCUT2D eigenvalue weighted by atomic mass is 15.4. The highest BCUT2D eigenvalue weighted by molar-refractivity contribution is 5.09. The van der Waals surface area contributed by atoms with Gasteiger partial charge in [0.25, 0.3) is 0 Å². The zero-order valence-corrected chi connectivity index (χ0v) is 11.2. The van der Waals surface area contributed by atoms with Gasteiger partial charge in [-0.3, -0.25) is 9.67 Å². The molecule has 0 aliphatic rings. The molecule has 0 aromatic carbocycles. The largest absolute Gasteiger partial charge is 0.325 e. The third kappa shape index (κ3) is 4.42. The molecule has 0 radical (unpaired) electrons. The number of pyridine rings is 1. The molecule has 2 rings (SSSR count). The quantitative estimate of drug-likeness (QED) is 0.775. The van der Waals surface area contributed by atoms with E-state index in [1.54, 1.807) is 0 Å². The molecule has 2 heterocycles. The third-order valence-corrected chi connectivity index (χ3v) is 3.04. The molecule has 6 nitrogen and oxygen atoms in total. The second kappa shape index (κ2) is 6.96. The molecular weight excluding hydrogens is 240 g/mol. The van der Waals surface area contributed by atoms with Gasteiger partial charge in [-0.2, -0.15) is 0 Å². The number of nitrogens with zero attached hydrogens (tertiary/aromatic N) is 5. The zero-order chi connectivity index (χ0) is 13.5. The first-order valence-corrected chi connectivity index (χ1v) is 6.44. The van der Waals surface area contributed by atoms with Gasteiger partial charge in [-0.05, 0) is 31.2 Å². The summed E-state index contributed by atoms with van der Waals surface area (Å²) >= 11 is 0. The Hall–Kier alpha value is -1.79. The lowest BCUT2D eigenvalue weighted by atomic mass is 10.2. The minimum absolute atomic E-state index is 0.442. The molecule has 0 spiro atoms. The Morgan fingerprint density at radius 2 is 2.05 bits per heavy atom. The molecule has 0 aliphatic carbocycles. The third-order valence-electron chi connectivity index (χ3n) is 3.04. The van der Waals surface area contributed by atoms with Crippen molar-refractivity contribution in [2.75, 3.05) is 20.1 Å². The molecular formula is C13H20N6. The van der Waals surface area contributed by atoms with Crippen LogP contribution in [0.15, 0.2) is 30.7 Å². The normalized spacial score (nSPS) is 11.1. The Labute approximate surface area is 113 Å². The first-order chi connectivity index (χ1) is 9.28. The van der Waals surface area contributed by atoms with Gasteiger partial charge in [0.2, 0.25) is 0 Å². The smallest absolute Gasteiger partial charge is 0.0962 e. The van der Waals surface area contributed by atoms with Crippen LogP contribution in [0, 0.1) is 0 Å². The molecule has 2 aromatic rings. The average molecular weight is 260 g/mol. The molecule has 6 heteroatoms. The van der Waals surface area contributed by atoms with Crippen molar-refractivity contribution >= 4 is 0 Å². The Kier molecular flexibility index (Phi) is 5.00. The second-order valence-corrected chi connectivity index (χ2v) is 4.59. The maximum absolute atomic E-state index is 5.50. The van der Waals surface area contributed by atoms with Gasteiger partial charge < -0.3 is 10.6 Å². The van der Waals surface area contributed by atoms with E-state index in [0.29, 0.717) is 6.54 Å². The van der Waals surface area contributed by atoms with Crippen LogP contribution in [-0.4, -0.2) is 45.0 Å². The zero-order valence-electron chi connectivity index (χ0n) is 11.2. The van der Waals surface area contributed by atoms with E-state index in [9.17, 15) is 0 Å². The van der Waals surface area contributed by atoms with Gasteiger partial charge in [0.1, 0.15) is 0 Å². The van der Waals surface area contributed by atoms with E-state index in [1.165, 1.54) is 5.56 Å². The van der Waals surface area contributed by atoms with E-state index in [1.807, 2.05) is 23.3 Å². The first kappa shape index (κ1) is 13.6. The van der Waals surface area contributed by atoms with Gasteiger partial charge in [-0.1, -0.05) is 5.21 Å². The number of rotatable bonds is 7. The van der Waals surface area contributed by atoms with Gasteiger partial charge in [0.05, 0.1) is 12.2 Å². The summed E-state index contributed by atoms with van der Waals surface area (Å²) in [6.07, 6.45) is 6.60. The summed E-state index contributed by atoms with van der Waals surface area (Å²) in [5.74, 6) is 0. The van der Waals surface area contributed by atoms with Gasteiger partial charge in [-0.25, -0.2) is 0 Å². The molecule has 19 heavy (non-hydrogen) atoms. The van der Waals surface area contributed by atoms with Crippen LogP contribution in [0.25, 0.3) is 0 Å². The second-order valence-electron chi connectivity index (χ2n) is 4.59. The summed E-state index contributed by atoms with van der Waals surface area (Å²) in [6, 6.07) is 4.11. The van der Waals surface area contributed by atoms with Gasteiger partial charge >= 0.3 is 0 Å². The van der Waals surface area contributed by atoms with Crippen LogP contribution >= 0.6 is 0 Å². The van der Waals surface area contributed by atoms with Crippen molar-refractivity contribution in [1.82, 2.24) is 24.9 Å². The van der Waals surface area contributed by atoms with Crippen molar-refractivity contribution < 1.29 is 0 Å². The van der Waals surface area contributed by atoms with E-state index in [2.05, 4.69) is 39.4 Å². The Morgan fingerprint density at radius 1 is 1.26 bits per heavy atom. The predicted octanol–water partition coefficient (Wildman–Crippen LogP) is 0.306. The van der Waals surface area contributed by atoms with E-state index >= 15 is 0 Å². The van der Waals surface area contributed by atoms with Crippen LogP contribution in [-0.2, 0) is 19.5 Å². The van der Waals surface area contributed by atoms with Crippen LogP contribution in [0.2, 0.25) is 0 Å². The van der Waals surface area contributed by atoms with Crippen LogP contribution < -0.4 is 5.73 Å². The Morgan fingerprint density at radius 3 is 2.74 bits per heavy atom. The number of hydrogen-bond donors (Lipinski definition) is 1. The fraction of sp³-hybridized carbons (Fsp3) is 0.462. The number of aromatic nitrogens is 4. The van der Waals surface area contributed by atoms with Crippen molar-refractivity contribution in [3.05, 3.63) is 42.0 Å². The molecule has 2 aromatic heterocycles. The van der Waals surface area contributed by atoms with E-state index < -0.39 is 0 Å². The van der Waals surface area contributed by atoms with Crippen molar-refractivity contribution in [3.8, 4) is 0 Å². The van der Waals surface area contributed by atoms with Crippen LogP contribution in [0.4, 0.5) is 0 Å². The summed E-state index contributed by atoms with van der Waals surface area (Å²) in [5, 5.41) is 8.00. The van der Waals surface area contributed by atoms with Crippen LogP contribution in [0.1, 0.15) is 11.3 Å². The molecule has 0 saturated carbocycles. The van der Waals surface area contributed by atoms with Crippen molar-refractivity contribution in [2.45, 2.75) is 19.5 Å². The molecule has 102 valence electrons. The van der Waals surface area contributed by atoms with Crippen molar-refractivity contribution in [3.63, 3.8) is 0 Å². The lowest BCUT2D eigenvalue weighted by Gasteiger charge is -2.16. The molecule has 0 bridgehead atoms. The first-order valence-electron chi connectivity index (χ1n) is 6.44. The maximum atomic E-state index is 5.50. The minimum Gasteiger partial charge on any atom is -0.325 e. The van der Waals surface area contributed by atoms with Crippen molar-refractivity contribution in [1.29, 1.82) is 0 Å². The standard InChI is InChI=1S/C13H20N6/c1-18(7-4-12-2-5-15-6-3-12)8-9-19-11-13(10-14)16-17-19/h2-3,5-6,11H,4,7-10,14H2,1H3. The summed E-state index contributed by atoms with van der Waals surface area (Å²) < 4.78 is 1.84. The predicted molar refractivity (Wildman–Crippen MR) is 73.4 cm³/mol. The summed E-state index contributed by atoms with van der Waals surface area (Å²) in [5.41, 5.74) is 7.65. The maximum Gasteiger partial charge on any atom is 0.0962 e. The molecule has 0 saturated heterocycles. The van der Waals surface area contributed by atoms with Gasteiger partial charge in [-0.15, -0.1) is 5.10 Å². The number of hydrogen-bond acceptors (Lipinski definition) is 5. The number of nitrogens with two attached hydrogens (primary N) is 1. The topological polar surface area (TPSA) is 72.9 Å². The molecule has 0 fully saturated rings. The summed E-state index contributed by atoms with van der Waals surface area (Å²) in [4.78, 5) is 6.30. The fourth-order valence-corrected chi connectivity index (χ4v) is 1.80. The molecule has 0 aliphatic heterocycles. The SMILES string of the molecule is CN(CCc1ccncc1)CCn1cc(CN)nn1. The lowest BCUT2D eigenvalue weighted by molar-refractivity contribution is 0.314. The van der Waals surface area contributed by atoms with Gasteiger partial charge in [0, 0.05) is 38.2 Å². The number of likely N-dealkylation sites (N-methyl/N-ethyl adjacent to an activating group) is 1. The highest BCUT2D eigenvalue weighted by Crippen LogP contribution is 1.99. The van der Waals surface area contributed by atoms with Gasteiger partial charge in [0.15, 0.2) is 0 Å². The highest BCUT2D eigenvalue weighted by Gasteiger charge is 2.02. The Bertz CT molecular complexity index is 481. The average Bonchev–Trinajstić information content (AvgIpc) is 2.92. The van der Waals surface area contributed by atoms with Crippen LogP contribution in [0.3, 0.4) is 0 Å². The molecule has 0 atom stereocenters. The van der Waals surface area contributed by atoms with E-state index in [4.69, 9.17) is 5.73 Å². The lowest BCUT2D eigenvalue weighted by Crippen LogP contribution is -2.25. The summed E-state index contributed by atoms with van der Waals surface area (Å²) in [6.45, 7) is 3.23.